The van der Waals surface area contributed by atoms with Gasteiger partial charge in [-0.05, 0) is 49.2 Å². The minimum Gasteiger partial charge on any atom is -0.381 e. The first kappa shape index (κ1) is 19.0. The molecule has 1 spiro atoms. The molecule has 0 aliphatic carbocycles. The van der Waals surface area contributed by atoms with Crippen LogP contribution in [-0.4, -0.2) is 43.0 Å². The maximum atomic E-state index is 13.1. The maximum absolute atomic E-state index is 13.1. The molecule has 1 atom stereocenters. The molecule has 2 aromatic rings. The summed E-state index contributed by atoms with van der Waals surface area (Å²) in [7, 11) is 0. The van der Waals surface area contributed by atoms with Crippen LogP contribution in [0.2, 0.25) is 5.02 Å². The summed E-state index contributed by atoms with van der Waals surface area (Å²) in [4.78, 5) is 28.0. The van der Waals surface area contributed by atoms with Crippen molar-refractivity contribution < 1.29 is 14.3 Å². The van der Waals surface area contributed by atoms with Gasteiger partial charge in [-0.3, -0.25) is 9.59 Å². The highest BCUT2D eigenvalue weighted by molar-refractivity contribution is 6.30. The third kappa shape index (κ3) is 3.77. The van der Waals surface area contributed by atoms with Gasteiger partial charge in [-0.1, -0.05) is 29.8 Å². The van der Waals surface area contributed by atoms with Crippen LogP contribution in [0.5, 0.6) is 0 Å². The van der Waals surface area contributed by atoms with Crippen LogP contribution in [0.25, 0.3) is 0 Å². The molecule has 2 aromatic carbocycles. The Hall–Kier alpha value is -2.37. The number of nitrogens with zero attached hydrogens (tertiary/aromatic N) is 1. The van der Waals surface area contributed by atoms with Gasteiger partial charge < -0.3 is 15.0 Å². The van der Waals surface area contributed by atoms with Gasteiger partial charge in [-0.2, -0.15) is 0 Å². The van der Waals surface area contributed by atoms with Gasteiger partial charge in [0.2, 0.25) is 5.91 Å². The van der Waals surface area contributed by atoms with Crippen molar-refractivity contribution in [2.45, 2.75) is 12.8 Å². The first-order valence-corrected chi connectivity index (χ1v) is 9.94. The number of halogens is 1. The molecule has 146 valence electrons. The van der Waals surface area contributed by atoms with E-state index in [1.165, 1.54) is 0 Å². The van der Waals surface area contributed by atoms with E-state index in [0.717, 1.165) is 18.5 Å². The molecule has 2 fully saturated rings. The van der Waals surface area contributed by atoms with E-state index in [0.29, 0.717) is 36.9 Å². The first-order chi connectivity index (χ1) is 13.6. The zero-order valence-corrected chi connectivity index (χ0v) is 16.3. The molecule has 2 amide bonds. The van der Waals surface area contributed by atoms with Crippen LogP contribution in [0, 0.1) is 11.3 Å². The van der Waals surface area contributed by atoms with Gasteiger partial charge in [0, 0.05) is 48.0 Å². The number of hydrogen-bond donors (Lipinski definition) is 1. The van der Waals surface area contributed by atoms with E-state index in [-0.39, 0.29) is 23.1 Å². The third-order valence-electron chi connectivity index (χ3n) is 5.87. The number of hydrogen-bond acceptors (Lipinski definition) is 3. The second-order valence-corrected chi connectivity index (χ2v) is 8.01. The molecular weight excluding hydrogens is 376 g/mol. The summed E-state index contributed by atoms with van der Waals surface area (Å²) in [5, 5.41) is 3.62. The Bertz CT molecular complexity index is 848. The van der Waals surface area contributed by atoms with Crippen molar-refractivity contribution in [3.8, 4) is 0 Å². The summed E-state index contributed by atoms with van der Waals surface area (Å²) in [6.07, 6.45) is 1.56. The summed E-state index contributed by atoms with van der Waals surface area (Å²) in [6.45, 7) is 2.24. The summed E-state index contributed by atoms with van der Waals surface area (Å²) < 4.78 is 5.55. The topological polar surface area (TPSA) is 58.6 Å². The van der Waals surface area contributed by atoms with Gasteiger partial charge in [0.15, 0.2) is 0 Å². The van der Waals surface area contributed by atoms with E-state index >= 15 is 0 Å². The standard InChI is InChI=1S/C22H23ClN2O3/c23-17-8-6-16(7-9-17)21(27)25-14-19(22(15-25)10-12-28-13-11-22)20(26)24-18-4-2-1-3-5-18/h1-9,19H,10-15H2,(H,24,26)/t19-/m0/s1. The smallest absolute Gasteiger partial charge is 0.253 e. The molecule has 2 aliphatic heterocycles. The number of ether oxygens (including phenoxy) is 1. The number of amides is 2. The molecule has 2 heterocycles. The highest BCUT2D eigenvalue weighted by Crippen LogP contribution is 2.45. The van der Waals surface area contributed by atoms with Crippen molar-refractivity contribution in [1.29, 1.82) is 0 Å². The maximum Gasteiger partial charge on any atom is 0.253 e. The fraction of sp³-hybridized carbons (Fsp3) is 0.364. The number of likely N-dealkylation sites (tertiary alicyclic amines) is 1. The SMILES string of the molecule is O=C(Nc1ccccc1)[C@@H]1CN(C(=O)c2ccc(Cl)cc2)CC12CCOCC2. The normalized spacial score (nSPS) is 20.9. The van der Waals surface area contributed by atoms with E-state index < -0.39 is 0 Å². The van der Waals surface area contributed by atoms with Crippen molar-refractivity contribution in [3.63, 3.8) is 0 Å². The number of nitrogens with one attached hydrogen (secondary N) is 1. The highest BCUT2D eigenvalue weighted by Gasteiger charge is 2.51. The summed E-state index contributed by atoms with van der Waals surface area (Å²) in [6, 6.07) is 16.4. The molecule has 0 aromatic heterocycles. The lowest BCUT2D eigenvalue weighted by atomic mass is 9.71. The monoisotopic (exact) mass is 398 g/mol. The zero-order valence-electron chi connectivity index (χ0n) is 15.6. The number of anilines is 1. The average Bonchev–Trinajstić information content (AvgIpc) is 3.08. The fourth-order valence-corrected chi connectivity index (χ4v) is 4.42. The first-order valence-electron chi connectivity index (χ1n) is 9.56. The molecule has 4 rings (SSSR count). The van der Waals surface area contributed by atoms with Crippen molar-refractivity contribution in [2.24, 2.45) is 11.3 Å². The Morgan fingerprint density at radius 1 is 1.04 bits per heavy atom. The van der Waals surface area contributed by atoms with Crippen LogP contribution in [0.3, 0.4) is 0 Å². The van der Waals surface area contributed by atoms with Crippen molar-refractivity contribution in [1.82, 2.24) is 4.90 Å². The van der Waals surface area contributed by atoms with E-state index in [1.54, 1.807) is 24.3 Å². The lowest BCUT2D eigenvalue weighted by Crippen LogP contribution is -2.42. The predicted molar refractivity (Wildman–Crippen MR) is 108 cm³/mol. The van der Waals surface area contributed by atoms with Crippen LogP contribution in [0.4, 0.5) is 5.69 Å². The van der Waals surface area contributed by atoms with Crippen molar-refractivity contribution in [3.05, 3.63) is 65.2 Å². The molecule has 0 radical (unpaired) electrons. The second-order valence-electron chi connectivity index (χ2n) is 7.58. The quantitative estimate of drug-likeness (QED) is 0.854. The zero-order chi connectivity index (χ0) is 19.6. The molecule has 2 saturated heterocycles. The van der Waals surface area contributed by atoms with Crippen LogP contribution in [0.15, 0.2) is 54.6 Å². The van der Waals surface area contributed by atoms with Crippen molar-refractivity contribution >= 4 is 29.1 Å². The Morgan fingerprint density at radius 2 is 1.71 bits per heavy atom. The Labute approximate surface area is 169 Å². The Balaban J connectivity index is 1.56. The molecule has 6 heteroatoms. The summed E-state index contributed by atoms with van der Waals surface area (Å²) >= 11 is 5.94. The molecule has 0 saturated carbocycles. The minimum atomic E-state index is -0.257. The minimum absolute atomic E-state index is 0.0282. The van der Waals surface area contributed by atoms with Gasteiger partial charge in [0.1, 0.15) is 0 Å². The molecule has 2 aliphatic rings. The number of rotatable bonds is 3. The molecule has 0 unspecified atom stereocenters. The van der Waals surface area contributed by atoms with E-state index in [4.69, 9.17) is 16.3 Å². The second kappa shape index (κ2) is 7.94. The average molecular weight is 399 g/mol. The number of carbonyl (C=O) groups excluding carboxylic acids is 2. The van der Waals surface area contributed by atoms with Gasteiger partial charge in [0.05, 0.1) is 5.92 Å². The van der Waals surface area contributed by atoms with E-state index in [2.05, 4.69) is 5.32 Å². The molecule has 1 N–H and O–H groups in total. The van der Waals surface area contributed by atoms with Crippen LogP contribution < -0.4 is 5.32 Å². The Morgan fingerprint density at radius 3 is 2.39 bits per heavy atom. The largest absolute Gasteiger partial charge is 0.381 e. The van der Waals surface area contributed by atoms with E-state index in [9.17, 15) is 9.59 Å². The summed E-state index contributed by atoms with van der Waals surface area (Å²) in [5.74, 6) is -0.343. The summed E-state index contributed by atoms with van der Waals surface area (Å²) in [5.41, 5.74) is 1.13. The number of para-hydroxylation sites is 1. The van der Waals surface area contributed by atoms with Crippen LogP contribution >= 0.6 is 11.6 Å². The highest BCUT2D eigenvalue weighted by atomic mass is 35.5. The number of carbonyl (C=O) groups is 2. The number of benzene rings is 2. The van der Waals surface area contributed by atoms with Crippen LogP contribution in [0.1, 0.15) is 23.2 Å². The molecular formula is C22H23ClN2O3. The van der Waals surface area contributed by atoms with Crippen LogP contribution in [-0.2, 0) is 9.53 Å². The van der Waals surface area contributed by atoms with E-state index in [1.807, 2.05) is 35.2 Å². The van der Waals surface area contributed by atoms with Gasteiger partial charge >= 0.3 is 0 Å². The Kier molecular flexibility index (Phi) is 5.38. The van der Waals surface area contributed by atoms with Crippen molar-refractivity contribution in [2.75, 3.05) is 31.6 Å². The lowest BCUT2D eigenvalue weighted by Gasteiger charge is -2.37. The molecule has 5 nitrogen and oxygen atoms in total. The fourth-order valence-electron chi connectivity index (χ4n) is 4.30. The van der Waals surface area contributed by atoms with Gasteiger partial charge in [0.25, 0.3) is 5.91 Å². The van der Waals surface area contributed by atoms with Gasteiger partial charge in [-0.15, -0.1) is 0 Å². The predicted octanol–water partition coefficient (Wildman–Crippen LogP) is 3.85. The third-order valence-corrected chi connectivity index (χ3v) is 6.12. The molecule has 28 heavy (non-hydrogen) atoms. The van der Waals surface area contributed by atoms with Gasteiger partial charge in [-0.25, -0.2) is 0 Å². The molecule has 0 bridgehead atoms. The lowest BCUT2D eigenvalue weighted by molar-refractivity contribution is -0.124.